The summed E-state index contributed by atoms with van der Waals surface area (Å²) in [5, 5.41) is 19.2. The van der Waals surface area contributed by atoms with Crippen LogP contribution in [0.3, 0.4) is 0 Å². The maximum Gasteiger partial charge on any atom is 0.272 e. The highest BCUT2D eigenvalue weighted by atomic mass is 32.2. The van der Waals surface area contributed by atoms with E-state index in [4.69, 9.17) is 5.14 Å². The summed E-state index contributed by atoms with van der Waals surface area (Å²) in [7, 11) is -4.00. The Morgan fingerprint density at radius 3 is 2.48 bits per heavy atom. The maximum absolute atomic E-state index is 11.5. The monoisotopic (exact) mass is 341 g/mol. The highest BCUT2D eigenvalue weighted by Crippen LogP contribution is 2.24. The molecular weight excluding hydrogens is 322 g/mol. The van der Waals surface area contributed by atoms with Crippen molar-refractivity contribution in [2.45, 2.75) is 10.9 Å². The number of nitro groups is 1. The van der Waals surface area contributed by atoms with Crippen LogP contribution in [0.2, 0.25) is 0 Å². The summed E-state index contributed by atoms with van der Waals surface area (Å²) in [5.74, 6) is 0. The molecular formula is C13H19N5O4S. The predicted molar refractivity (Wildman–Crippen MR) is 84.8 cm³/mol. The minimum absolute atomic E-state index is 0.261. The van der Waals surface area contributed by atoms with Crippen LogP contribution in [0, 0.1) is 10.1 Å². The SMILES string of the molecule is NS(=O)(=O)c1cc(NCC2CN3CCN2CC3)cc([N+](=O)[O-])c1. The van der Waals surface area contributed by atoms with Crippen LogP contribution >= 0.6 is 0 Å². The van der Waals surface area contributed by atoms with Crippen LogP contribution in [-0.4, -0.2) is 68.5 Å². The van der Waals surface area contributed by atoms with Gasteiger partial charge in [0.25, 0.3) is 5.69 Å². The fourth-order valence-corrected chi connectivity index (χ4v) is 3.69. The van der Waals surface area contributed by atoms with Crippen molar-refractivity contribution < 1.29 is 13.3 Å². The van der Waals surface area contributed by atoms with E-state index in [1.165, 1.54) is 12.1 Å². The fraction of sp³-hybridized carbons (Fsp3) is 0.538. The standard InChI is InChI=1S/C13H19N5O4S/c14-23(21,22)13-6-10(5-11(7-13)18(19)20)15-8-12-9-16-1-3-17(12)4-2-16/h5-7,12,15H,1-4,8-9H2,(H2,14,21,22). The number of benzene rings is 1. The molecule has 0 amide bonds. The first-order chi connectivity index (χ1) is 10.8. The van der Waals surface area contributed by atoms with E-state index in [9.17, 15) is 18.5 Å². The molecule has 0 radical (unpaired) electrons. The predicted octanol–water partition coefficient (Wildman–Crippen LogP) is -0.346. The molecule has 126 valence electrons. The molecule has 9 nitrogen and oxygen atoms in total. The smallest absolute Gasteiger partial charge is 0.272 e. The number of fused-ring (bicyclic) bond motifs is 3. The number of nitrogens with one attached hydrogen (secondary N) is 1. The van der Waals surface area contributed by atoms with Crippen LogP contribution in [0.15, 0.2) is 23.1 Å². The highest BCUT2D eigenvalue weighted by molar-refractivity contribution is 7.89. The van der Waals surface area contributed by atoms with E-state index in [1.54, 1.807) is 0 Å². The minimum atomic E-state index is -4.00. The van der Waals surface area contributed by atoms with Gasteiger partial charge in [-0.05, 0) is 6.07 Å². The number of hydrogen-bond acceptors (Lipinski definition) is 7. The first kappa shape index (κ1) is 16.1. The van der Waals surface area contributed by atoms with Crippen molar-refractivity contribution >= 4 is 21.4 Å². The molecule has 3 N–H and O–H groups in total. The third-order valence-electron chi connectivity index (χ3n) is 4.36. The molecule has 1 unspecified atom stereocenters. The summed E-state index contributed by atoms with van der Waals surface area (Å²) in [6.45, 7) is 5.73. The van der Waals surface area contributed by atoms with Gasteiger partial charge in [0, 0.05) is 63.1 Å². The molecule has 3 saturated heterocycles. The van der Waals surface area contributed by atoms with Gasteiger partial charge in [-0.1, -0.05) is 0 Å². The molecule has 23 heavy (non-hydrogen) atoms. The lowest BCUT2D eigenvalue weighted by Gasteiger charge is -2.47. The molecule has 3 aliphatic heterocycles. The Kier molecular flexibility index (Phi) is 4.23. The van der Waals surface area contributed by atoms with E-state index in [1.807, 2.05) is 0 Å². The van der Waals surface area contributed by atoms with Crippen molar-refractivity contribution in [3.63, 3.8) is 0 Å². The minimum Gasteiger partial charge on any atom is -0.383 e. The van der Waals surface area contributed by atoms with Crippen molar-refractivity contribution in [3.05, 3.63) is 28.3 Å². The first-order valence-electron chi connectivity index (χ1n) is 7.35. The normalized spacial score (nSPS) is 26.9. The number of sulfonamides is 1. The molecule has 1 atom stereocenters. The number of nitro benzene ring substituents is 1. The van der Waals surface area contributed by atoms with Gasteiger partial charge in [0.2, 0.25) is 10.0 Å². The van der Waals surface area contributed by atoms with Crippen molar-refractivity contribution in [1.29, 1.82) is 0 Å². The largest absolute Gasteiger partial charge is 0.383 e. The highest BCUT2D eigenvalue weighted by Gasteiger charge is 2.31. The van der Waals surface area contributed by atoms with Crippen LogP contribution in [0.1, 0.15) is 0 Å². The van der Waals surface area contributed by atoms with Crippen molar-refractivity contribution in [3.8, 4) is 0 Å². The number of hydrogen-bond donors (Lipinski definition) is 2. The van der Waals surface area contributed by atoms with E-state index >= 15 is 0 Å². The number of non-ortho nitro benzene ring substituents is 1. The molecule has 0 aromatic heterocycles. The molecule has 0 saturated carbocycles. The third-order valence-corrected chi connectivity index (χ3v) is 5.26. The average molecular weight is 341 g/mol. The Morgan fingerprint density at radius 2 is 1.96 bits per heavy atom. The Balaban J connectivity index is 1.77. The van der Waals surface area contributed by atoms with Gasteiger partial charge >= 0.3 is 0 Å². The molecule has 1 aromatic carbocycles. The molecule has 3 aliphatic rings. The quantitative estimate of drug-likeness (QED) is 0.554. The molecule has 0 spiro atoms. The van der Waals surface area contributed by atoms with Gasteiger partial charge in [0.15, 0.2) is 0 Å². The van der Waals surface area contributed by atoms with Gasteiger partial charge in [0.1, 0.15) is 0 Å². The van der Waals surface area contributed by atoms with Crippen molar-refractivity contribution in [1.82, 2.24) is 9.80 Å². The molecule has 2 bridgehead atoms. The second-order valence-corrected chi connectivity index (χ2v) is 7.45. The summed E-state index contributed by atoms with van der Waals surface area (Å²) < 4.78 is 23.0. The number of rotatable bonds is 5. The zero-order valence-electron chi connectivity index (χ0n) is 12.5. The van der Waals surface area contributed by atoms with Gasteiger partial charge in [-0.2, -0.15) is 0 Å². The van der Waals surface area contributed by atoms with Gasteiger partial charge < -0.3 is 5.32 Å². The first-order valence-corrected chi connectivity index (χ1v) is 8.90. The molecule has 1 aromatic rings. The number of nitrogens with two attached hydrogens (primary N) is 1. The van der Waals surface area contributed by atoms with Gasteiger partial charge in [-0.15, -0.1) is 0 Å². The second-order valence-electron chi connectivity index (χ2n) is 5.89. The van der Waals surface area contributed by atoms with E-state index in [-0.39, 0.29) is 10.6 Å². The lowest BCUT2D eigenvalue weighted by atomic mass is 10.1. The number of piperazine rings is 3. The van der Waals surface area contributed by atoms with Crippen LogP contribution in [0.25, 0.3) is 0 Å². The van der Waals surface area contributed by atoms with E-state index in [0.717, 1.165) is 38.8 Å². The number of anilines is 1. The molecule has 4 rings (SSSR count). The van der Waals surface area contributed by atoms with Crippen LogP contribution in [0.5, 0.6) is 0 Å². The van der Waals surface area contributed by atoms with E-state index in [0.29, 0.717) is 18.3 Å². The molecule has 3 fully saturated rings. The van der Waals surface area contributed by atoms with Gasteiger partial charge in [0.05, 0.1) is 9.82 Å². The zero-order chi connectivity index (χ0) is 16.6. The average Bonchev–Trinajstić information content (AvgIpc) is 2.53. The lowest BCUT2D eigenvalue weighted by Crippen LogP contribution is -2.62. The Labute approximate surface area is 134 Å². The Hall–Kier alpha value is -1.75. The van der Waals surface area contributed by atoms with Crippen molar-refractivity contribution in [2.75, 3.05) is 44.6 Å². The Morgan fingerprint density at radius 1 is 1.26 bits per heavy atom. The van der Waals surface area contributed by atoms with Crippen LogP contribution in [-0.2, 0) is 10.0 Å². The van der Waals surface area contributed by atoms with Crippen LogP contribution in [0.4, 0.5) is 11.4 Å². The summed E-state index contributed by atoms with van der Waals surface area (Å²) >= 11 is 0. The number of nitrogens with zero attached hydrogens (tertiary/aromatic N) is 3. The molecule has 3 heterocycles. The summed E-state index contributed by atoms with van der Waals surface area (Å²) in [4.78, 5) is 14.8. The van der Waals surface area contributed by atoms with Gasteiger partial charge in [-0.3, -0.25) is 19.9 Å². The maximum atomic E-state index is 11.5. The summed E-state index contributed by atoms with van der Waals surface area (Å²) in [6, 6.07) is 3.94. The molecule has 10 heteroatoms. The Bertz CT molecular complexity index is 715. The lowest BCUT2D eigenvalue weighted by molar-refractivity contribution is -0.385. The fourth-order valence-electron chi connectivity index (χ4n) is 3.11. The third kappa shape index (κ3) is 3.61. The van der Waals surface area contributed by atoms with Gasteiger partial charge in [-0.25, -0.2) is 13.6 Å². The number of primary sulfonamides is 1. The second kappa shape index (κ2) is 6.04. The molecule has 0 aliphatic carbocycles. The topological polar surface area (TPSA) is 122 Å². The van der Waals surface area contributed by atoms with Crippen LogP contribution < -0.4 is 10.5 Å². The summed E-state index contributed by atoms with van der Waals surface area (Å²) in [6.07, 6.45) is 0. The van der Waals surface area contributed by atoms with E-state index < -0.39 is 14.9 Å². The van der Waals surface area contributed by atoms with Crippen molar-refractivity contribution in [2.24, 2.45) is 5.14 Å². The van der Waals surface area contributed by atoms with E-state index in [2.05, 4.69) is 15.1 Å². The zero-order valence-corrected chi connectivity index (χ0v) is 13.3. The summed E-state index contributed by atoms with van der Waals surface area (Å²) in [5.41, 5.74) is 0.0918.